The summed E-state index contributed by atoms with van der Waals surface area (Å²) in [5.74, 6) is 0.203. The summed E-state index contributed by atoms with van der Waals surface area (Å²) in [5.41, 5.74) is 2.66. The third kappa shape index (κ3) is 3.18. The van der Waals surface area contributed by atoms with Crippen LogP contribution in [-0.2, 0) is 16.1 Å². The number of halogens is 1. The summed E-state index contributed by atoms with van der Waals surface area (Å²) in [6.07, 6.45) is 0. The number of carbonyl (C=O) groups excluding carboxylic acids is 2. The number of methoxy groups -OCH3 is 2. The van der Waals surface area contributed by atoms with Crippen LogP contribution >= 0.6 is 11.6 Å². The van der Waals surface area contributed by atoms with Crippen LogP contribution in [0, 0.1) is 6.92 Å². The van der Waals surface area contributed by atoms with E-state index in [1.165, 1.54) is 7.11 Å². The summed E-state index contributed by atoms with van der Waals surface area (Å²) < 4.78 is 10.5. The number of rotatable bonds is 5. The van der Waals surface area contributed by atoms with Crippen molar-refractivity contribution in [3.63, 3.8) is 0 Å². The third-order valence-electron chi connectivity index (χ3n) is 4.24. The molecule has 0 unspecified atom stereocenters. The van der Waals surface area contributed by atoms with Crippen molar-refractivity contribution in [3.05, 3.63) is 64.2 Å². The van der Waals surface area contributed by atoms with Crippen LogP contribution in [0.3, 0.4) is 0 Å². The van der Waals surface area contributed by atoms with E-state index in [1.807, 2.05) is 19.1 Å². The quantitative estimate of drug-likeness (QED) is 0.754. The Labute approximate surface area is 156 Å². The van der Waals surface area contributed by atoms with Gasteiger partial charge in [-0.05, 0) is 30.2 Å². The van der Waals surface area contributed by atoms with Crippen LogP contribution in [0.15, 0.2) is 47.5 Å². The van der Waals surface area contributed by atoms with Gasteiger partial charge in [-0.15, -0.1) is 0 Å². The number of hydrogen-bond donors (Lipinski definition) is 0. The number of carbonyl (C=O) groups is 2. The van der Waals surface area contributed by atoms with Crippen LogP contribution in [0.4, 0.5) is 0 Å². The van der Waals surface area contributed by atoms with Crippen LogP contribution < -0.4 is 9.47 Å². The van der Waals surface area contributed by atoms with Crippen molar-refractivity contribution >= 4 is 29.0 Å². The second-order valence-corrected chi connectivity index (χ2v) is 6.32. The lowest BCUT2D eigenvalue weighted by Crippen LogP contribution is -2.30. The standard InChI is InChI=1S/C20H18ClNO4/c1-12-4-7-14(8-5-12)17-18(21)20(24)22(19(17)23)11-13-6-9-15(25-2)16(10-13)26-3/h4-10H,11H2,1-3H3. The van der Waals surface area contributed by atoms with Crippen LogP contribution in [0.2, 0.25) is 0 Å². The van der Waals surface area contributed by atoms with E-state index in [0.717, 1.165) is 16.0 Å². The first kappa shape index (κ1) is 18.0. The molecule has 0 radical (unpaired) electrons. The number of imide groups is 1. The minimum absolute atomic E-state index is 0.0562. The smallest absolute Gasteiger partial charge is 0.273 e. The lowest BCUT2D eigenvalue weighted by atomic mass is 10.0. The molecule has 1 aliphatic rings. The summed E-state index contributed by atoms with van der Waals surface area (Å²) in [5, 5.41) is -0.0562. The number of hydrogen-bond acceptors (Lipinski definition) is 4. The predicted molar refractivity (Wildman–Crippen MR) is 99.1 cm³/mol. The van der Waals surface area contributed by atoms with E-state index in [9.17, 15) is 9.59 Å². The first-order chi connectivity index (χ1) is 12.5. The van der Waals surface area contributed by atoms with Crippen molar-refractivity contribution in [1.82, 2.24) is 4.90 Å². The van der Waals surface area contributed by atoms with Gasteiger partial charge in [0.1, 0.15) is 5.03 Å². The molecule has 0 atom stereocenters. The zero-order chi connectivity index (χ0) is 18.8. The van der Waals surface area contributed by atoms with Crippen molar-refractivity contribution in [3.8, 4) is 11.5 Å². The van der Waals surface area contributed by atoms with Gasteiger partial charge in [-0.25, -0.2) is 0 Å². The minimum Gasteiger partial charge on any atom is -0.493 e. The molecule has 0 aliphatic carbocycles. The number of benzene rings is 2. The summed E-state index contributed by atoms with van der Waals surface area (Å²) >= 11 is 6.19. The molecule has 134 valence electrons. The molecule has 2 aromatic carbocycles. The van der Waals surface area contributed by atoms with Crippen LogP contribution in [0.1, 0.15) is 16.7 Å². The molecule has 2 aromatic rings. The predicted octanol–water partition coefficient (Wildman–Crippen LogP) is 3.53. The van der Waals surface area contributed by atoms with Crippen molar-refractivity contribution in [1.29, 1.82) is 0 Å². The Balaban J connectivity index is 1.88. The van der Waals surface area contributed by atoms with Crippen LogP contribution in [0.25, 0.3) is 5.57 Å². The maximum atomic E-state index is 12.8. The summed E-state index contributed by atoms with van der Waals surface area (Å²) in [6.45, 7) is 2.05. The highest BCUT2D eigenvalue weighted by molar-refractivity contribution is 6.55. The van der Waals surface area contributed by atoms with E-state index in [0.29, 0.717) is 17.1 Å². The van der Waals surface area contributed by atoms with Gasteiger partial charge in [0.2, 0.25) is 0 Å². The van der Waals surface area contributed by atoms with E-state index >= 15 is 0 Å². The van der Waals surface area contributed by atoms with Crippen molar-refractivity contribution in [2.45, 2.75) is 13.5 Å². The van der Waals surface area contributed by atoms with Crippen molar-refractivity contribution < 1.29 is 19.1 Å². The van der Waals surface area contributed by atoms with Crippen molar-refractivity contribution in [2.24, 2.45) is 0 Å². The van der Waals surface area contributed by atoms with Gasteiger partial charge in [-0.3, -0.25) is 14.5 Å². The molecule has 2 amide bonds. The molecular formula is C20H18ClNO4. The maximum absolute atomic E-state index is 12.8. The lowest BCUT2D eigenvalue weighted by Gasteiger charge is -2.16. The molecule has 0 saturated heterocycles. The third-order valence-corrected chi connectivity index (χ3v) is 4.59. The Morgan fingerprint density at radius 3 is 2.19 bits per heavy atom. The number of nitrogens with zero attached hydrogens (tertiary/aromatic N) is 1. The van der Waals surface area contributed by atoms with E-state index in [4.69, 9.17) is 21.1 Å². The molecule has 3 rings (SSSR count). The molecule has 5 nitrogen and oxygen atoms in total. The van der Waals surface area contributed by atoms with Gasteiger partial charge in [0.05, 0.1) is 26.3 Å². The molecule has 6 heteroatoms. The Hall–Kier alpha value is -2.79. The topological polar surface area (TPSA) is 55.8 Å². The number of aryl methyl sites for hydroxylation is 1. The van der Waals surface area contributed by atoms with Crippen LogP contribution in [0.5, 0.6) is 11.5 Å². The molecule has 1 aliphatic heterocycles. The van der Waals surface area contributed by atoms with Gasteiger partial charge in [0, 0.05) is 0 Å². The van der Waals surface area contributed by atoms with Gasteiger partial charge in [-0.2, -0.15) is 0 Å². The van der Waals surface area contributed by atoms with E-state index in [-0.39, 0.29) is 17.2 Å². The maximum Gasteiger partial charge on any atom is 0.273 e. The Bertz CT molecular complexity index is 903. The molecule has 0 aromatic heterocycles. The zero-order valence-corrected chi connectivity index (χ0v) is 15.5. The number of ether oxygens (including phenoxy) is 2. The fourth-order valence-corrected chi connectivity index (χ4v) is 3.11. The molecule has 0 fully saturated rings. The SMILES string of the molecule is COc1ccc(CN2C(=O)C(Cl)=C(c3ccc(C)cc3)C2=O)cc1OC. The average Bonchev–Trinajstić information content (AvgIpc) is 2.86. The lowest BCUT2D eigenvalue weighted by molar-refractivity contribution is -0.137. The first-order valence-electron chi connectivity index (χ1n) is 8.00. The van der Waals surface area contributed by atoms with E-state index in [2.05, 4.69) is 0 Å². The highest BCUT2D eigenvalue weighted by atomic mass is 35.5. The molecular weight excluding hydrogens is 354 g/mol. The van der Waals surface area contributed by atoms with Crippen molar-refractivity contribution in [2.75, 3.05) is 14.2 Å². The monoisotopic (exact) mass is 371 g/mol. The fraction of sp³-hybridized carbons (Fsp3) is 0.200. The van der Waals surface area contributed by atoms with Gasteiger partial charge in [0.25, 0.3) is 11.8 Å². The molecule has 0 bridgehead atoms. The summed E-state index contributed by atoms with van der Waals surface area (Å²) in [4.78, 5) is 26.4. The molecule has 1 heterocycles. The minimum atomic E-state index is -0.498. The fourth-order valence-electron chi connectivity index (χ4n) is 2.82. The normalized spacial score (nSPS) is 14.2. The van der Waals surface area contributed by atoms with Gasteiger partial charge >= 0.3 is 0 Å². The van der Waals surface area contributed by atoms with Gasteiger partial charge < -0.3 is 9.47 Å². The second kappa shape index (κ2) is 7.22. The molecule has 0 N–H and O–H groups in total. The molecule has 0 spiro atoms. The summed E-state index contributed by atoms with van der Waals surface area (Å²) in [7, 11) is 3.07. The van der Waals surface area contributed by atoms with Crippen LogP contribution in [-0.4, -0.2) is 30.9 Å². The highest BCUT2D eigenvalue weighted by Gasteiger charge is 2.38. The largest absolute Gasteiger partial charge is 0.493 e. The highest BCUT2D eigenvalue weighted by Crippen LogP contribution is 2.34. The van der Waals surface area contributed by atoms with E-state index < -0.39 is 11.8 Å². The van der Waals surface area contributed by atoms with Gasteiger partial charge in [-0.1, -0.05) is 47.5 Å². The average molecular weight is 372 g/mol. The van der Waals surface area contributed by atoms with E-state index in [1.54, 1.807) is 37.4 Å². The Morgan fingerprint density at radius 1 is 0.923 bits per heavy atom. The molecule has 0 saturated carbocycles. The summed E-state index contributed by atoms with van der Waals surface area (Å²) in [6, 6.07) is 12.6. The Morgan fingerprint density at radius 2 is 1.58 bits per heavy atom. The number of amides is 2. The first-order valence-corrected chi connectivity index (χ1v) is 8.38. The molecule has 26 heavy (non-hydrogen) atoms. The zero-order valence-electron chi connectivity index (χ0n) is 14.7. The Kier molecular flexibility index (Phi) is 5.00. The second-order valence-electron chi connectivity index (χ2n) is 5.94. The van der Waals surface area contributed by atoms with Gasteiger partial charge in [0.15, 0.2) is 11.5 Å².